The highest BCUT2D eigenvalue weighted by molar-refractivity contribution is 5.81. The Labute approximate surface area is 130 Å². The number of nitrogens with one attached hydrogen (secondary N) is 2. The fraction of sp³-hybridized carbons (Fsp3) is 0.941. The molecule has 2 rings (SSSR count). The molecule has 0 aliphatic carbocycles. The molecule has 21 heavy (non-hydrogen) atoms. The van der Waals surface area contributed by atoms with Gasteiger partial charge in [-0.3, -0.25) is 9.69 Å². The second-order valence-corrected chi connectivity index (χ2v) is 6.77. The van der Waals surface area contributed by atoms with Gasteiger partial charge in [0, 0.05) is 19.1 Å². The first-order chi connectivity index (χ1) is 10.2. The van der Waals surface area contributed by atoms with Crippen LogP contribution in [0, 0.1) is 5.92 Å². The van der Waals surface area contributed by atoms with E-state index in [2.05, 4.69) is 29.4 Å². The van der Waals surface area contributed by atoms with E-state index in [1.165, 1.54) is 45.1 Å². The van der Waals surface area contributed by atoms with Crippen molar-refractivity contribution in [2.24, 2.45) is 5.92 Å². The average Bonchev–Trinajstić information content (AvgIpc) is 3.05. The molecule has 4 nitrogen and oxygen atoms in total. The van der Waals surface area contributed by atoms with Gasteiger partial charge in [-0.2, -0.15) is 0 Å². The van der Waals surface area contributed by atoms with Gasteiger partial charge in [-0.1, -0.05) is 19.8 Å². The zero-order chi connectivity index (χ0) is 15.1. The summed E-state index contributed by atoms with van der Waals surface area (Å²) in [5, 5.41) is 6.74. The molecule has 0 radical (unpaired) electrons. The summed E-state index contributed by atoms with van der Waals surface area (Å²) in [5.41, 5.74) is 0. The summed E-state index contributed by atoms with van der Waals surface area (Å²) in [6, 6.07) is 0.712. The molecule has 0 saturated carbocycles. The molecule has 2 saturated heterocycles. The number of amides is 1. The van der Waals surface area contributed by atoms with Gasteiger partial charge in [0.05, 0.1) is 6.04 Å². The van der Waals surface area contributed by atoms with E-state index in [9.17, 15) is 4.79 Å². The van der Waals surface area contributed by atoms with Gasteiger partial charge in [0.1, 0.15) is 0 Å². The molecule has 2 fully saturated rings. The summed E-state index contributed by atoms with van der Waals surface area (Å²) in [6.07, 6.45) is 8.69. The second kappa shape index (κ2) is 8.74. The van der Waals surface area contributed by atoms with Crippen molar-refractivity contribution in [1.29, 1.82) is 0 Å². The van der Waals surface area contributed by atoms with Crippen molar-refractivity contribution in [1.82, 2.24) is 15.5 Å². The van der Waals surface area contributed by atoms with E-state index < -0.39 is 0 Å². The van der Waals surface area contributed by atoms with Gasteiger partial charge in [-0.25, -0.2) is 0 Å². The number of unbranched alkanes of at least 4 members (excludes halogenated alkanes) is 2. The minimum atomic E-state index is 0.0239. The number of rotatable bonds is 7. The van der Waals surface area contributed by atoms with E-state index in [0.717, 1.165) is 32.0 Å². The highest BCUT2D eigenvalue weighted by Gasteiger charge is 2.32. The maximum atomic E-state index is 12.3. The summed E-state index contributed by atoms with van der Waals surface area (Å²) < 4.78 is 0. The van der Waals surface area contributed by atoms with Crippen molar-refractivity contribution in [2.45, 2.75) is 70.9 Å². The van der Waals surface area contributed by atoms with Gasteiger partial charge in [-0.05, 0) is 58.0 Å². The van der Waals surface area contributed by atoms with Crippen LogP contribution in [0.25, 0.3) is 0 Å². The monoisotopic (exact) mass is 295 g/mol. The fourth-order valence-corrected chi connectivity index (χ4v) is 3.73. The van der Waals surface area contributed by atoms with Crippen LogP contribution >= 0.6 is 0 Å². The van der Waals surface area contributed by atoms with Crippen LogP contribution in [0.15, 0.2) is 0 Å². The first-order valence-electron chi connectivity index (χ1n) is 8.97. The van der Waals surface area contributed by atoms with Crippen LogP contribution in [-0.4, -0.2) is 49.1 Å². The molecule has 2 aliphatic rings. The Hall–Kier alpha value is -0.610. The Morgan fingerprint density at radius 2 is 2.19 bits per heavy atom. The molecule has 1 amide bonds. The lowest BCUT2D eigenvalue weighted by Gasteiger charge is -2.38. The van der Waals surface area contributed by atoms with Crippen molar-refractivity contribution in [3.8, 4) is 0 Å². The minimum absolute atomic E-state index is 0.0239. The Morgan fingerprint density at radius 3 is 2.90 bits per heavy atom. The molecule has 0 bridgehead atoms. The summed E-state index contributed by atoms with van der Waals surface area (Å²) in [5.74, 6) is 0.947. The lowest BCUT2D eigenvalue weighted by molar-refractivity contribution is -0.126. The van der Waals surface area contributed by atoms with Gasteiger partial charge in [0.2, 0.25) is 5.91 Å². The summed E-state index contributed by atoms with van der Waals surface area (Å²) >= 11 is 0. The topological polar surface area (TPSA) is 44.4 Å². The fourth-order valence-electron chi connectivity index (χ4n) is 3.73. The van der Waals surface area contributed by atoms with E-state index in [4.69, 9.17) is 0 Å². The predicted molar refractivity (Wildman–Crippen MR) is 87.3 cm³/mol. The van der Waals surface area contributed by atoms with E-state index in [1.807, 2.05) is 0 Å². The van der Waals surface area contributed by atoms with Crippen molar-refractivity contribution in [3.63, 3.8) is 0 Å². The molecule has 3 atom stereocenters. The molecule has 4 heteroatoms. The van der Waals surface area contributed by atoms with Crippen LogP contribution < -0.4 is 10.6 Å². The lowest BCUT2D eigenvalue weighted by Crippen LogP contribution is -2.51. The van der Waals surface area contributed by atoms with Crippen LogP contribution in [0.5, 0.6) is 0 Å². The Morgan fingerprint density at radius 1 is 1.33 bits per heavy atom. The molecule has 0 aromatic rings. The Bertz CT molecular complexity index is 315. The maximum Gasteiger partial charge on any atom is 0.237 e. The zero-order valence-corrected chi connectivity index (χ0v) is 13.9. The third-order valence-electron chi connectivity index (χ3n) is 5.16. The molecule has 0 spiro atoms. The quantitative estimate of drug-likeness (QED) is 0.707. The third kappa shape index (κ3) is 4.96. The maximum absolute atomic E-state index is 12.3. The number of carbonyl (C=O) groups excluding carboxylic acids is 1. The normalized spacial score (nSPS) is 28.5. The van der Waals surface area contributed by atoms with E-state index >= 15 is 0 Å². The molecule has 0 aromatic heterocycles. The molecule has 2 N–H and O–H groups in total. The summed E-state index contributed by atoms with van der Waals surface area (Å²) in [7, 11) is 0. The molecule has 122 valence electrons. The van der Waals surface area contributed by atoms with Crippen molar-refractivity contribution >= 4 is 5.91 Å². The van der Waals surface area contributed by atoms with E-state index in [0.29, 0.717) is 6.04 Å². The van der Waals surface area contributed by atoms with E-state index in [-0.39, 0.29) is 11.9 Å². The first kappa shape index (κ1) is 16.8. The number of hydrogen-bond acceptors (Lipinski definition) is 3. The Kier molecular flexibility index (Phi) is 6.97. The van der Waals surface area contributed by atoms with Crippen molar-refractivity contribution in [3.05, 3.63) is 0 Å². The number of nitrogens with zero attached hydrogens (tertiary/aromatic N) is 1. The highest BCUT2D eigenvalue weighted by atomic mass is 16.2. The Balaban J connectivity index is 1.75. The van der Waals surface area contributed by atoms with Crippen LogP contribution in [0.3, 0.4) is 0 Å². The van der Waals surface area contributed by atoms with Crippen LogP contribution in [0.2, 0.25) is 0 Å². The minimum Gasteiger partial charge on any atom is -0.355 e. The number of hydrogen-bond donors (Lipinski definition) is 2. The highest BCUT2D eigenvalue weighted by Crippen LogP contribution is 2.25. The van der Waals surface area contributed by atoms with Gasteiger partial charge >= 0.3 is 0 Å². The van der Waals surface area contributed by atoms with Gasteiger partial charge in [0.25, 0.3) is 0 Å². The number of likely N-dealkylation sites (tertiary alicyclic amines) is 1. The van der Waals surface area contributed by atoms with Crippen molar-refractivity contribution in [2.75, 3.05) is 26.2 Å². The molecule has 0 aromatic carbocycles. The van der Waals surface area contributed by atoms with Gasteiger partial charge in [0.15, 0.2) is 0 Å². The number of piperidine rings is 1. The van der Waals surface area contributed by atoms with Crippen LogP contribution in [0.1, 0.15) is 58.8 Å². The third-order valence-corrected chi connectivity index (χ3v) is 5.16. The molecular formula is C17H33N3O. The summed E-state index contributed by atoms with van der Waals surface area (Å²) in [6.45, 7) is 8.43. The van der Waals surface area contributed by atoms with Crippen LogP contribution in [-0.2, 0) is 4.79 Å². The zero-order valence-electron chi connectivity index (χ0n) is 13.9. The number of carbonyl (C=O) groups is 1. The predicted octanol–water partition coefficient (Wildman–Crippen LogP) is 2.15. The average molecular weight is 295 g/mol. The smallest absolute Gasteiger partial charge is 0.237 e. The molecule has 2 heterocycles. The second-order valence-electron chi connectivity index (χ2n) is 6.77. The lowest BCUT2D eigenvalue weighted by atomic mass is 9.89. The summed E-state index contributed by atoms with van der Waals surface area (Å²) in [4.78, 5) is 14.7. The van der Waals surface area contributed by atoms with Gasteiger partial charge in [-0.15, -0.1) is 0 Å². The SMILES string of the molecule is CCCCCNC(=O)C(C)N1CCCC(C2CCCN2)C1. The first-order valence-corrected chi connectivity index (χ1v) is 8.97. The van der Waals surface area contributed by atoms with Crippen molar-refractivity contribution < 1.29 is 4.79 Å². The molecular weight excluding hydrogens is 262 g/mol. The molecule has 2 aliphatic heterocycles. The van der Waals surface area contributed by atoms with Crippen LogP contribution in [0.4, 0.5) is 0 Å². The van der Waals surface area contributed by atoms with Gasteiger partial charge < -0.3 is 10.6 Å². The molecule has 3 unspecified atom stereocenters. The van der Waals surface area contributed by atoms with E-state index in [1.54, 1.807) is 0 Å². The standard InChI is InChI=1S/C17H33N3O/c1-3-4-5-10-19-17(21)14(2)20-12-7-8-15(13-20)16-9-6-11-18-16/h14-16,18H,3-13H2,1-2H3,(H,19,21). The largest absolute Gasteiger partial charge is 0.355 e.